The van der Waals surface area contributed by atoms with Crippen LogP contribution in [0.15, 0.2) is 53.3 Å². The van der Waals surface area contributed by atoms with Gasteiger partial charge in [-0.05, 0) is 30.2 Å². The lowest BCUT2D eigenvalue weighted by Gasteiger charge is -2.34. The maximum atomic E-state index is 12.7. The van der Waals surface area contributed by atoms with Crippen LogP contribution in [0.1, 0.15) is 44.5 Å². The van der Waals surface area contributed by atoms with Crippen LogP contribution in [0, 0.1) is 0 Å². The van der Waals surface area contributed by atoms with E-state index in [9.17, 15) is 14.7 Å². The van der Waals surface area contributed by atoms with E-state index in [1.54, 1.807) is 35.4 Å². The summed E-state index contributed by atoms with van der Waals surface area (Å²) in [6.45, 7) is 2.28. The smallest absolute Gasteiger partial charge is 0.289 e. The van der Waals surface area contributed by atoms with Crippen molar-refractivity contribution in [2.75, 3.05) is 31.1 Å². The first-order valence-corrected chi connectivity index (χ1v) is 10.3. The van der Waals surface area contributed by atoms with Gasteiger partial charge in [0.1, 0.15) is 5.75 Å². The number of ketones is 1. The second-order valence-corrected chi connectivity index (χ2v) is 7.87. The van der Waals surface area contributed by atoms with Crippen molar-refractivity contribution in [1.29, 1.82) is 0 Å². The highest BCUT2D eigenvalue weighted by Crippen LogP contribution is 2.36. The maximum absolute atomic E-state index is 12.7. The molecule has 0 spiro atoms. The summed E-state index contributed by atoms with van der Waals surface area (Å²) in [5, 5.41) is 10.2. The summed E-state index contributed by atoms with van der Waals surface area (Å²) in [6, 6.07) is 10.5. The molecule has 1 fully saturated rings. The molecule has 0 saturated carbocycles. The molecule has 1 aliphatic heterocycles. The normalized spacial score (nSPS) is 18.7. The summed E-state index contributed by atoms with van der Waals surface area (Å²) in [4.78, 5) is 38.0. The number of fused-ring (bicyclic) bond motifs is 1. The third-order valence-electron chi connectivity index (χ3n) is 5.99. The number of amides is 1. The summed E-state index contributed by atoms with van der Waals surface area (Å²) < 4.78 is 5.21. The van der Waals surface area contributed by atoms with Crippen molar-refractivity contribution in [1.82, 2.24) is 14.9 Å². The van der Waals surface area contributed by atoms with E-state index in [1.165, 1.54) is 6.26 Å². The Hall–Kier alpha value is -3.68. The van der Waals surface area contributed by atoms with E-state index in [0.29, 0.717) is 62.0 Å². The minimum atomic E-state index is -0.118. The number of furan rings is 1. The second-order valence-electron chi connectivity index (χ2n) is 7.87. The van der Waals surface area contributed by atoms with Crippen LogP contribution >= 0.6 is 0 Å². The molecule has 0 radical (unpaired) electrons. The highest BCUT2D eigenvalue weighted by atomic mass is 16.3. The summed E-state index contributed by atoms with van der Waals surface area (Å²) in [5.41, 5.74) is 2.04. The Morgan fingerprint density at radius 3 is 2.61 bits per heavy atom. The van der Waals surface area contributed by atoms with Gasteiger partial charge in [-0.1, -0.05) is 18.2 Å². The minimum Gasteiger partial charge on any atom is -0.508 e. The van der Waals surface area contributed by atoms with Crippen LogP contribution in [0.5, 0.6) is 5.75 Å². The molecule has 3 aromatic rings. The maximum Gasteiger partial charge on any atom is 0.289 e. The lowest BCUT2D eigenvalue weighted by atomic mass is 9.82. The number of phenols is 1. The van der Waals surface area contributed by atoms with Gasteiger partial charge in [0.05, 0.1) is 17.5 Å². The number of phenolic OH excluding ortho intramolecular Hbond substituents is 1. The molecule has 1 saturated heterocycles. The number of benzene rings is 1. The summed E-state index contributed by atoms with van der Waals surface area (Å²) in [7, 11) is 0. The van der Waals surface area contributed by atoms with Crippen molar-refractivity contribution in [3.8, 4) is 5.75 Å². The van der Waals surface area contributed by atoms with E-state index < -0.39 is 0 Å². The minimum absolute atomic E-state index is 0.00471. The van der Waals surface area contributed by atoms with Gasteiger partial charge < -0.3 is 19.3 Å². The number of aromatic nitrogens is 2. The Balaban J connectivity index is 1.32. The molecule has 2 aromatic heterocycles. The first-order chi connectivity index (χ1) is 15.1. The van der Waals surface area contributed by atoms with Crippen LogP contribution in [-0.4, -0.2) is 57.8 Å². The lowest BCUT2D eigenvalue weighted by molar-refractivity contribution is 0.0714. The van der Waals surface area contributed by atoms with Crippen molar-refractivity contribution >= 4 is 17.6 Å². The van der Waals surface area contributed by atoms with Gasteiger partial charge >= 0.3 is 0 Å². The Morgan fingerprint density at radius 1 is 1.06 bits per heavy atom. The van der Waals surface area contributed by atoms with Crippen molar-refractivity contribution in [2.24, 2.45) is 0 Å². The molecule has 1 amide bonds. The van der Waals surface area contributed by atoms with E-state index in [-0.39, 0.29) is 23.4 Å². The van der Waals surface area contributed by atoms with Crippen molar-refractivity contribution in [3.05, 3.63) is 71.4 Å². The molecule has 0 unspecified atom stereocenters. The predicted molar refractivity (Wildman–Crippen MR) is 112 cm³/mol. The molecule has 5 rings (SSSR count). The van der Waals surface area contributed by atoms with Crippen LogP contribution in [0.4, 0.5) is 5.95 Å². The molecule has 8 nitrogen and oxygen atoms in total. The number of Topliss-reactive ketones (excluding diaryl/α,β-unsaturated/α-hetero) is 1. The third kappa shape index (κ3) is 3.65. The number of anilines is 1. The van der Waals surface area contributed by atoms with Gasteiger partial charge in [-0.3, -0.25) is 9.59 Å². The second kappa shape index (κ2) is 7.86. The summed E-state index contributed by atoms with van der Waals surface area (Å²) >= 11 is 0. The van der Waals surface area contributed by atoms with Gasteiger partial charge in [0, 0.05) is 44.7 Å². The van der Waals surface area contributed by atoms with Gasteiger partial charge in [0.2, 0.25) is 5.95 Å². The summed E-state index contributed by atoms with van der Waals surface area (Å²) in [5.74, 6) is 0.880. The number of carbonyl (C=O) groups excluding carboxylic acids is 2. The van der Waals surface area contributed by atoms with Gasteiger partial charge in [0.15, 0.2) is 11.5 Å². The quantitative estimate of drug-likeness (QED) is 0.698. The van der Waals surface area contributed by atoms with Gasteiger partial charge in [-0.15, -0.1) is 0 Å². The molecule has 8 heteroatoms. The molecule has 1 aromatic carbocycles. The first-order valence-electron chi connectivity index (χ1n) is 10.3. The number of hydrogen-bond acceptors (Lipinski definition) is 7. The standard InChI is InChI=1S/C23H22N4O4/c28-19-5-2-1-4-16(19)15-12-18-17(20(29)13-15)14-24-23(25-18)27-9-7-26(8-10-27)22(30)21-6-3-11-31-21/h1-6,11,14-15,28H,7-10,12-13H2/t15-/m1/s1. The van der Waals surface area contributed by atoms with E-state index in [0.717, 1.165) is 5.56 Å². The SMILES string of the molecule is O=C1C[C@H](c2ccccc2O)Cc2nc(N3CCN(C(=O)c4ccco4)CC3)ncc21. The van der Waals surface area contributed by atoms with Crippen LogP contribution in [0.2, 0.25) is 0 Å². The van der Waals surface area contributed by atoms with Crippen LogP contribution in [-0.2, 0) is 6.42 Å². The largest absolute Gasteiger partial charge is 0.508 e. The highest BCUT2D eigenvalue weighted by molar-refractivity contribution is 5.98. The highest BCUT2D eigenvalue weighted by Gasteiger charge is 2.31. The molecule has 158 valence electrons. The Morgan fingerprint density at radius 2 is 1.87 bits per heavy atom. The molecule has 31 heavy (non-hydrogen) atoms. The third-order valence-corrected chi connectivity index (χ3v) is 5.99. The Bertz CT molecular complexity index is 1120. The number of aromatic hydroxyl groups is 1. The van der Waals surface area contributed by atoms with Crippen LogP contribution in [0.25, 0.3) is 0 Å². The predicted octanol–water partition coefficient (Wildman–Crippen LogP) is 2.65. The van der Waals surface area contributed by atoms with E-state index in [2.05, 4.69) is 4.98 Å². The molecular weight excluding hydrogens is 396 g/mol. The molecule has 1 N–H and O–H groups in total. The molecule has 2 aliphatic rings. The fourth-order valence-corrected chi connectivity index (χ4v) is 4.31. The molecule has 0 bridgehead atoms. The van der Waals surface area contributed by atoms with E-state index in [1.807, 2.05) is 17.0 Å². The zero-order valence-electron chi connectivity index (χ0n) is 16.9. The molecule has 1 atom stereocenters. The van der Waals surface area contributed by atoms with Crippen LogP contribution in [0.3, 0.4) is 0 Å². The molecule has 3 heterocycles. The fraction of sp³-hybridized carbons (Fsp3) is 0.304. The zero-order valence-corrected chi connectivity index (χ0v) is 16.9. The molecular formula is C23H22N4O4. The lowest BCUT2D eigenvalue weighted by Crippen LogP contribution is -2.49. The topological polar surface area (TPSA) is 99.8 Å². The van der Waals surface area contributed by atoms with Crippen molar-refractivity contribution in [3.63, 3.8) is 0 Å². The van der Waals surface area contributed by atoms with Crippen molar-refractivity contribution in [2.45, 2.75) is 18.8 Å². The van der Waals surface area contributed by atoms with Gasteiger partial charge in [0.25, 0.3) is 5.91 Å². The number of nitrogens with zero attached hydrogens (tertiary/aromatic N) is 4. The van der Waals surface area contributed by atoms with Crippen LogP contribution < -0.4 is 4.90 Å². The van der Waals surface area contributed by atoms with E-state index in [4.69, 9.17) is 9.40 Å². The first kappa shape index (κ1) is 19.3. The molecule has 1 aliphatic carbocycles. The Labute approximate surface area is 179 Å². The van der Waals surface area contributed by atoms with Gasteiger partial charge in [-0.25, -0.2) is 9.97 Å². The average molecular weight is 418 g/mol. The zero-order chi connectivity index (χ0) is 21.4. The number of rotatable bonds is 3. The Kier molecular flexibility index (Phi) is 4.89. The van der Waals surface area contributed by atoms with E-state index >= 15 is 0 Å². The monoisotopic (exact) mass is 418 g/mol. The van der Waals surface area contributed by atoms with Crippen molar-refractivity contribution < 1.29 is 19.1 Å². The number of carbonyl (C=O) groups is 2. The van der Waals surface area contributed by atoms with Gasteiger partial charge in [-0.2, -0.15) is 0 Å². The average Bonchev–Trinajstić information content (AvgIpc) is 3.33. The number of hydrogen-bond donors (Lipinski definition) is 1. The summed E-state index contributed by atoms with van der Waals surface area (Å²) in [6.07, 6.45) is 4.02. The number of para-hydroxylation sites is 1. The number of piperazine rings is 1. The fourth-order valence-electron chi connectivity index (χ4n) is 4.31.